The normalized spacial score (nSPS) is 12.9. The van der Waals surface area contributed by atoms with E-state index in [-0.39, 0.29) is 5.41 Å². The summed E-state index contributed by atoms with van der Waals surface area (Å²) >= 11 is 0. The van der Waals surface area contributed by atoms with E-state index < -0.39 is 0 Å². The fourth-order valence-corrected chi connectivity index (χ4v) is 0.798. The van der Waals surface area contributed by atoms with Crippen LogP contribution in [0.15, 0.2) is 0 Å². The Morgan fingerprint density at radius 2 is 1.71 bits per heavy atom. The molecule has 0 heterocycles. The molecule has 0 aliphatic heterocycles. The van der Waals surface area contributed by atoms with E-state index in [0.717, 1.165) is 13.0 Å². The summed E-state index contributed by atoms with van der Waals surface area (Å²) in [5, 5.41) is 0. The summed E-state index contributed by atoms with van der Waals surface area (Å²) in [7, 11) is 0. The first-order chi connectivity index (χ1) is 6.31. The summed E-state index contributed by atoms with van der Waals surface area (Å²) in [4.78, 5) is 0. The first-order valence-electron chi connectivity index (χ1n) is 5.40. The van der Waals surface area contributed by atoms with Crippen LogP contribution in [0.1, 0.15) is 48.0 Å². The van der Waals surface area contributed by atoms with Crippen LogP contribution in [-0.2, 0) is 9.47 Å². The van der Waals surface area contributed by atoms with Gasteiger partial charge in [-0.25, -0.2) is 0 Å². The highest BCUT2D eigenvalue weighted by Crippen LogP contribution is 2.17. The molecule has 0 rings (SSSR count). The lowest BCUT2D eigenvalue weighted by molar-refractivity contribution is -0.0605. The third kappa shape index (κ3) is 10.0. The van der Waals surface area contributed by atoms with Crippen molar-refractivity contribution in [3.8, 4) is 0 Å². The van der Waals surface area contributed by atoms with Gasteiger partial charge in [0.2, 0.25) is 6.29 Å². The molecule has 0 fully saturated rings. The number of ether oxygens (including phenoxy) is 2. The largest absolute Gasteiger partial charge is 0.346 e. The maximum absolute atomic E-state index is 5.48. The third-order valence-electron chi connectivity index (χ3n) is 1.71. The molecule has 0 aromatic rings. The molecule has 1 radical (unpaired) electrons. The Morgan fingerprint density at radius 3 is 2.14 bits per heavy atom. The topological polar surface area (TPSA) is 18.5 Å². The molecule has 0 bridgehead atoms. The summed E-state index contributed by atoms with van der Waals surface area (Å²) in [5.74, 6) is 0.686. The summed E-state index contributed by atoms with van der Waals surface area (Å²) in [5.41, 5.74) is 0.197. The average molecular weight is 201 g/mol. The van der Waals surface area contributed by atoms with Crippen LogP contribution < -0.4 is 0 Å². The van der Waals surface area contributed by atoms with E-state index in [1.165, 1.54) is 0 Å². The fourth-order valence-electron chi connectivity index (χ4n) is 0.798. The highest BCUT2D eigenvalue weighted by atomic mass is 16.7. The average Bonchev–Trinajstić information content (AvgIpc) is 1.99. The van der Waals surface area contributed by atoms with Crippen LogP contribution in [0, 0.1) is 17.6 Å². The number of rotatable bonds is 6. The van der Waals surface area contributed by atoms with Crippen molar-refractivity contribution in [2.24, 2.45) is 11.3 Å². The smallest absolute Gasteiger partial charge is 0.220 e. The second-order valence-electron chi connectivity index (χ2n) is 5.37. The van der Waals surface area contributed by atoms with Crippen molar-refractivity contribution in [1.82, 2.24) is 0 Å². The Labute approximate surface area is 89.0 Å². The van der Waals surface area contributed by atoms with E-state index in [2.05, 4.69) is 34.6 Å². The minimum Gasteiger partial charge on any atom is -0.346 e. The first-order valence-corrected chi connectivity index (χ1v) is 5.40. The maximum Gasteiger partial charge on any atom is 0.220 e. The lowest BCUT2D eigenvalue weighted by Gasteiger charge is -2.21. The summed E-state index contributed by atoms with van der Waals surface area (Å²) in [6.45, 7) is 14.2. The molecule has 0 unspecified atom stereocenters. The molecule has 0 aliphatic carbocycles. The standard InChI is InChI=1S/C12H25O2/c1-10(2)7-8-13-11(3)14-9-12(4,5)6/h10H,7-9H2,1-6H3. The molecular formula is C12H25O2. The van der Waals surface area contributed by atoms with Crippen LogP contribution in [0.3, 0.4) is 0 Å². The van der Waals surface area contributed by atoms with Gasteiger partial charge in [0.25, 0.3) is 0 Å². The Bertz CT molecular complexity index is 136. The summed E-state index contributed by atoms with van der Waals surface area (Å²) < 4.78 is 10.9. The van der Waals surface area contributed by atoms with Crippen molar-refractivity contribution in [1.29, 1.82) is 0 Å². The molecule has 0 N–H and O–H groups in total. The molecular weight excluding hydrogens is 176 g/mol. The Hall–Kier alpha value is -0.0800. The van der Waals surface area contributed by atoms with E-state index in [1.807, 2.05) is 6.92 Å². The van der Waals surface area contributed by atoms with Crippen LogP contribution in [0.2, 0.25) is 0 Å². The Kier molecular flexibility index (Phi) is 6.38. The molecule has 0 spiro atoms. The first kappa shape index (κ1) is 13.9. The molecule has 0 amide bonds. The third-order valence-corrected chi connectivity index (χ3v) is 1.71. The Morgan fingerprint density at radius 1 is 1.14 bits per heavy atom. The monoisotopic (exact) mass is 201 g/mol. The van der Waals surface area contributed by atoms with Gasteiger partial charge >= 0.3 is 0 Å². The van der Waals surface area contributed by atoms with Crippen LogP contribution in [0.5, 0.6) is 0 Å². The van der Waals surface area contributed by atoms with Crippen molar-refractivity contribution in [2.45, 2.75) is 48.0 Å². The molecule has 2 nitrogen and oxygen atoms in total. The van der Waals surface area contributed by atoms with Gasteiger partial charge in [0.05, 0.1) is 13.2 Å². The molecule has 0 aliphatic rings. The predicted molar refractivity (Wildman–Crippen MR) is 59.7 cm³/mol. The molecule has 0 aromatic heterocycles. The van der Waals surface area contributed by atoms with Crippen LogP contribution in [-0.4, -0.2) is 13.2 Å². The zero-order valence-corrected chi connectivity index (χ0v) is 10.5. The molecule has 0 saturated carbocycles. The highest BCUT2D eigenvalue weighted by molar-refractivity contribution is 4.63. The molecule has 2 heteroatoms. The fraction of sp³-hybridized carbons (Fsp3) is 0.917. The Balaban J connectivity index is 3.42. The van der Waals surface area contributed by atoms with Gasteiger partial charge in [-0.3, -0.25) is 0 Å². The van der Waals surface area contributed by atoms with Gasteiger partial charge in [0.1, 0.15) is 0 Å². The molecule has 0 saturated heterocycles. The van der Waals surface area contributed by atoms with Crippen molar-refractivity contribution >= 4 is 0 Å². The zero-order chi connectivity index (χ0) is 11.2. The van der Waals surface area contributed by atoms with Crippen LogP contribution in [0.25, 0.3) is 0 Å². The highest BCUT2D eigenvalue weighted by Gasteiger charge is 2.13. The SMILES string of the molecule is C[C](OCCC(C)C)OCC(C)(C)C. The van der Waals surface area contributed by atoms with Crippen molar-refractivity contribution in [3.63, 3.8) is 0 Å². The zero-order valence-electron chi connectivity index (χ0n) is 10.5. The number of hydrogen-bond donors (Lipinski definition) is 0. The van der Waals surface area contributed by atoms with Crippen molar-refractivity contribution in [2.75, 3.05) is 13.2 Å². The quantitative estimate of drug-likeness (QED) is 0.653. The predicted octanol–water partition coefficient (Wildman–Crippen LogP) is 3.62. The molecule has 85 valence electrons. The number of hydrogen-bond acceptors (Lipinski definition) is 2. The molecule has 0 aromatic carbocycles. The second-order valence-corrected chi connectivity index (χ2v) is 5.37. The van der Waals surface area contributed by atoms with E-state index in [9.17, 15) is 0 Å². The van der Waals surface area contributed by atoms with Crippen molar-refractivity contribution in [3.05, 3.63) is 6.29 Å². The van der Waals surface area contributed by atoms with Gasteiger partial charge in [-0.1, -0.05) is 34.6 Å². The van der Waals surface area contributed by atoms with Gasteiger partial charge in [-0.15, -0.1) is 0 Å². The van der Waals surface area contributed by atoms with Gasteiger partial charge in [-0.05, 0) is 24.7 Å². The van der Waals surface area contributed by atoms with Crippen LogP contribution >= 0.6 is 0 Å². The van der Waals surface area contributed by atoms with Gasteiger partial charge < -0.3 is 9.47 Å². The molecule has 14 heavy (non-hydrogen) atoms. The van der Waals surface area contributed by atoms with Gasteiger partial charge in [0.15, 0.2) is 0 Å². The van der Waals surface area contributed by atoms with Gasteiger partial charge in [-0.2, -0.15) is 0 Å². The summed E-state index contributed by atoms with van der Waals surface area (Å²) in [6, 6.07) is 0. The second kappa shape index (κ2) is 6.41. The van der Waals surface area contributed by atoms with E-state index >= 15 is 0 Å². The van der Waals surface area contributed by atoms with Crippen LogP contribution in [0.4, 0.5) is 0 Å². The van der Waals surface area contributed by atoms with E-state index in [0.29, 0.717) is 18.8 Å². The molecule has 0 atom stereocenters. The van der Waals surface area contributed by atoms with E-state index in [1.54, 1.807) is 0 Å². The van der Waals surface area contributed by atoms with E-state index in [4.69, 9.17) is 9.47 Å². The lowest BCUT2D eigenvalue weighted by atomic mass is 9.99. The lowest BCUT2D eigenvalue weighted by Crippen LogP contribution is -2.17. The van der Waals surface area contributed by atoms with Gasteiger partial charge in [0, 0.05) is 0 Å². The minimum absolute atomic E-state index is 0.197. The van der Waals surface area contributed by atoms with Crippen molar-refractivity contribution < 1.29 is 9.47 Å². The maximum atomic E-state index is 5.48. The minimum atomic E-state index is 0.197. The summed E-state index contributed by atoms with van der Waals surface area (Å²) in [6.07, 6.45) is 1.77.